The average Bonchev–Trinajstić information content (AvgIpc) is 2.19. The maximum Gasteiger partial charge on any atom is 0.165 e. The number of aromatic nitrogens is 1. The molecule has 0 unspecified atom stereocenters. The normalized spacial score (nSPS) is 8.69. The lowest BCUT2D eigenvalue weighted by molar-refractivity contribution is 0.0984. The number of Topliss-reactive ketones (excluding diaryl/α,β-unsaturated/α-hetero) is 1. The van der Waals surface area contributed by atoms with Crippen LogP contribution in [-0.4, -0.2) is 10.8 Å². The van der Waals surface area contributed by atoms with Gasteiger partial charge in [-0.2, -0.15) is 0 Å². The van der Waals surface area contributed by atoms with E-state index in [4.69, 9.17) is 0 Å². The highest BCUT2D eigenvalue weighted by Gasteiger charge is 2.02. The van der Waals surface area contributed by atoms with E-state index < -0.39 is 0 Å². The molecule has 0 fully saturated rings. The van der Waals surface area contributed by atoms with Gasteiger partial charge in [-0.15, -0.1) is 11.8 Å². The Hall–Kier alpha value is -1.62. The molecule has 0 N–H and O–H groups in total. The maximum atomic E-state index is 11.4. The molecule has 66 valence electrons. The van der Waals surface area contributed by atoms with Crippen LogP contribution in [0.4, 0.5) is 0 Å². The van der Waals surface area contributed by atoms with Crippen molar-refractivity contribution in [1.82, 2.24) is 4.98 Å². The SMILES string of the molecule is CC#CCCC(=O)c1cccnc1. The molecule has 0 aliphatic heterocycles. The van der Waals surface area contributed by atoms with Crippen LogP contribution >= 0.6 is 0 Å². The molecule has 1 heterocycles. The lowest BCUT2D eigenvalue weighted by Crippen LogP contribution is -1.98. The Bertz CT molecular complexity index is 332. The molecule has 13 heavy (non-hydrogen) atoms. The topological polar surface area (TPSA) is 30.0 Å². The van der Waals surface area contributed by atoms with E-state index >= 15 is 0 Å². The Kier molecular flexibility index (Phi) is 3.72. The van der Waals surface area contributed by atoms with Crippen LogP contribution in [0.5, 0.6) is 0 Å². The fourth-order valence-corrected chi connectivity index (χ4v) is 0.973. The first-order valence-corrected chi connectivity index (χ1v) is 4.17. The molecule has 0 aromatic carbocycles. The minimum atomic E-state index is 0.107. The molecule has 2 heteroatoms. The van der Waals surface area contributed by atoms with Crippen molar-refractivity contribution in [3.63, 3.8) is 0 Å². The summed E-state index contributed by atoms with van der Waals surface area (Å²) in [6, 6.07) is 3.54. The number of rotatable bonds is 3. The first kappa shape index (κ1) is 9.47. The van der Waals surface area contributed by atoms with Crippen molar-refractivity contribution >= 4 is 5.78 Å². The second kappa shape index (κ2) is 5.10. The number of hydrogen-bond donors (Lipinski definition) is 0. The molecular weight excluding hydrogens is 162 g/mol. The summed E-state index contributed by atoms with van der Waals surface area (Å²) in [4.78, 5) is 15.3. The summed E-state index contributed by atoms with van der Waals surface area (Å²) in [6.07, 6.45) is 4.35. The predicted octanol–water partition coefficient (Wildman–Crippen LogP) is 2.07. The van der Waals surface area contributed by atoms with Crippen LogP contribution in [0.25, 0.3) is 0 Å². The Labute approximate surface area is 78.0 Å². The van der Waals surface area contributed by atoms with Crippen molar-refractivity contribution in [1.29, 1.82) is 0 Å². The molecule has 0 radical (unpaired) electrons. The molecular formula is C11H11NO. The second-order valence-corrected chi connectivity index (χ2v) is 2.59. The zero-order valence-electron chi connectivity index (χ0n) is 7.58. The summed E-state index contributed by atoms with van der Waals surface area (Å²) in [5.74, 6) is 5.72. The third kappa shape index (κ3) is 3.08. The van der Waals surface area contributed by atoms with Gasteiger partial charge in [0.15, 0.2) is 5.78 Å². The molecule has 1 aromatic rings. The smallest absolute Gasteiger partial charge is 0.165 e. The monoisotopic (exact) mass is 173 g/mol. The van der Waals surface area contributed by atoms with E-state index in [0.717, 1.165) is 0 Å². The summed E-state index contributed by atoms with van der Waals surface area (Å²) in [7, 11) is 0. The quantitative estimate of drug-likeness (QED) is 0.517. The van der Waals surface area contributed by atoms with Gasteiger partial charge in [0.25, 0.3) is 0 Å². The van der Waals surface area contributed by atoms with Crippen molar-refractivity contribution in [2.24, 2.45) is 0 Å². The minimum absolute atomic E-state index is 0.107. The average molecular weight is 173 g/mol. The molecule has 0 aliphatic rings. The van der Waals surface area contributed by atoms with E-state index in [0.29, 0.717) is 18.4 Å². The zero-order chi connectivity index (χ0) is 9.52. The highest BCUT2D eigenvalue weighted by Crippen LogP contribution is 2.02. The molecule has 0 saturated carbocycles. The Morgan fingerprint density at radius 2 is 2.46 bits per heavy atom. The zero-order valence-corrected chi connectivity index (χ0v) is 7.58. The van der Waals surface area contributed by atoms with Crippen molar-refractivity contribution in [3.05, 3.63) is 30.1 Å². The Morgan fingerprint density at radius 3 is 3.08 bits per heavy atom. The van der Waals surface area contributed by atoms with Gasteiger partial charge in [0, 0.05) is 30.8 Å². The number of hydrogen-bond acceptors (Lipinski definition) is 2. The second-order valence-electron chi connectivity index (χ2n) is 2.59. The fraction of sp³-hybridized carbons (Fsp3) is 0.273. The van der Waals surface area contributed by atoms with Gasteiger partial charge < -0.3 is 0 Å². The van der Waals surface area contributed by atoms with Crippen molar-refractivity contribution < 1.29 is 4.79 Å². The van der Waals surface area contributed by atoms with Gasteiger partial charge in [0.1, 0.15) is 0 Å². The molecule has 0 spiro atoms. The van der Waals surface area contributed by atoms with Crippen LogP contribution in [0.2, 0.25) is 0 Å². The van der Waals surface area contributed by atoms with Gasteiger partial charge in [-0.05, 0) is 19.1 Å². The van der Waals surface area contributed by atoms with Gasteiger partial charge in [0.05, 0.1) is 0 Å². The number of nitrogens with zero attached hydrogens (tertiary/aromatic N) is 1. The summed E-state index contributed by atoms with van der Waals surface area (Å²) >= 11 is 0. The van der Waals surface area contributed by atoms with E-state index in [9.17, 15) is 4.79 Å². The van der Waals surface area contributed by atoms with Crippen LogP contribution in [0, 0.1) is 11.8 Å². The van der Waals surface area contributed by atoms with Crippen molar-refractivity contribution in [2.75, 3.05) is 0 Å². The van der Waals surface area contributed by atoms with E-state index in [2.05, 4.69) is 16.8 Å². The first-order chi connectivity index (χ1) is 6.34. The number of carbonyl (C=O) groups excluding carboxylic acids is 1. The highest BCUT2D eigenvalue weighted by atomic mass is 16.1. The third-order valence-corrected chi connectivity index (χ3v) is 1.64. The summed E-state index contributed by atoms with van der Waals surface area (Å²) < 4.78 is 0. The maximum absolute atomic E-state index is 11.4. The van der Waals surface area contributed by atoms with E-state index in [1.165, 1.54) is 0 Å². The molecule has 2 nitrogen and oxygen atoms in total. The molecule has 0 atom stereocenters. The van der Waals surface area contributed by atoms with Crippen LogP contribution in [0.3, 0.4) is 0 Å². The van der Waals surface area contributed by atoms with Crippen LogP contribution in [-0.2, 0) is 0 Å². The number of pyridine rings is 1. The van der Waals surface area contributed by atoms with Crippen LogP contribution in [0.1, 0.15) is 30.1 Å². The molecule has 0 amide bonds. The van der Waals surface area contributed by atoms with Gasteiger partial charge >= 0.3 is 0 Å². The van der Waals surface area contributed by atoms with E-state index in [1.807, 2.05) is 0 Å². The van der Waals surface area contributed by atoms with Gasteiger partial charge in [-0.3, -0.25) is 9.78 Å². The summed E-state index contributed by atoms with van der Waals surface area (Å²) in [5, 5.41) is 0. The molecule has 0 saturated heterocycles. The molecule has 0 bridgehead atoms. The lowest BCUT2D eigenvalue weighted by atomic mass is 10.1. The fourth-order valence-electron chi connectivity index (χ4n) is 0.973. The molecule has 1 rings (SSSR count). The number of carbonyl (C=O) groups is 1. The van der Waals surface area contributed by atoms with E-state index in [-0.39, 0.29) is 5.78 Å². The molecule has 1 aromatic heterocycles. The standard InChI is InChI=1S/C11H11NO/c1-2-3-4-7-11(13)10-6-5-8-12-9-10/h5-6,8-9H,4,7H2,1H3. The largest absolute Gasteiger partial charge is 0.294 e. The van der Waals surface area contributed by atoms with Gasteiger partial charge in [-0.1, -0.05) is 0 Å². The number of ketones is 1. The van der Waals surface area contributed by atoms with Crippen LogP contribution in [0.15, 0.2) is 24.5 Å². The predicted molar refractivity (Wildman–Crippen MR) is 51.3 cm³/mol. The summed E-state index contributed by atoms with van der Waals surface area (Å²) in [5.41, 5.74) is 0.667. The highest BCUT2D eigenvalue weighted by molar-refractivity contribution is 5.95. The lowest BCUT2D eigenvalue weighted by Gasteiger charge is -1.95. The van der Waals surface area contributed by atoms with Gasteiger partial charge in [-0.25, -0.2) is 0 Å². The molecule has 0 aliphatic carbocycles. The van der Waals surface area contributed by atoms with Crippen LogP contribution < -0.4 is 0 Å². The minimum Gasteiger partial charge on any atom is -0.294 e. The van der Waals surface area contributed by atoms with Crippen molar-refractivity contribution in [3.8, 4) is 11.8 Å². The van der Waals surface area contributed by atoms with Crippen molar-refractivity contribution in [2.45, 2.75) is 19.8 Å². The Morgan fingerprint density at radius 1 is 1.62 bits per heavy atom. The third-order valence-electron chi connectivity index (χ3n) is 1.64. The Balaban J connectivity index is 2.53. The van der Waals surface area contributed by atoms with E-state index in [1.54, 1.807) is 31.5 Å². The summed E-state index contributed by atoms with van der Waals surface area (Å²) in [6.45, 7) is 1.77. The first-order valence-electron chi connectivity index (χ1n) is 4.17. The van der Waals surface area contributed by atoms with Gasteiger partial charge in [0.2, 0.25) is 0 Å².